The fraction of sp³-hybridized carbons (Fsp3) is 0.500. The Labute approximate surface area is 89.2 Å². The Morgan fingerprint density at radius 2 is 2.13 bits per heavy atom. The second-order valence-corrected chi connectivity index (χ2v) is 4.52. The Morgan fingerprint density at radius 3 is 2.60 bits per heavy atom. The summed E-state index contributed by atoms with van der Waals surface area (Å²) in [5, 5.41) is 0. The first kappa shape index (κ1) is 10.4. The lowest BCUT2D eigenvalue weighted by Gasteiger charge is -2.19. The van der Waals surface area contributed by atoms with Gasteiger partial charge >= 0.3 is 0 Å². The molecule has 1 aromatic rings. The van der Waals surface area contributed by atoms with Gasteiger partial charge in [0.15, 0.2) is 0 Å². The van der Waals surface area contributed by atoms with Crippen LogP contribution in [0.25, 0.3) is 0 Å². The lowest BCUT2D eigenvalue weighted by molar-refractivity contribution is 0.404. The molecule has 15 heavy (non-hydrogen) atoms. The lowest BCUT2D eigenvalue weighted by Crippen LogP contribution is -2.21. The molecule has 1 saturated carbocycles. The van der Waals surface area contributed by atoms with Crippen molar-refractivity contribution in [1.29, 1.82) is 0 Å². The molecule has 0 aromatic heterocycles. The zero-order chi connectivity index (χ0) is 11.1. The molecule has 1 fully saturated rings. The lowest BCUT2D eigenvalue weighted by atomic mass is 9.92. The summed E-state index contributed by atoms with van der Waals surface area (Å²) in [6, 6.07) is 4.66. The summed E-state index contributed by atoms with van der Waals surface area (Å²) in [5.74, 6) is 0.263. The van der Waals surface area contributed by atoms with E-state index in [0.717, 1.165) is 12.8 Å². The molecule has 2 rings (SSSR count). The molecule has 82 valence electrons. The van der Waals surface area contributed by atoms with Gasteiger partial charge in [0.1, 0.15) is 11.6 Å². The van der Waals surface area contributed by atoms with Crippen molar-refractivity contribution in [2.75, 3.05) is 7.11 Å². The highest BCUT2D eigenvalue weighted by Crippen LogP contribution is 2.53. The van der Waals surface area contributed by atoms with Gasteiger partial charge < -0.3 is 10.5 Å². The van der Waals surface area contributed by atoms with Crippen LogP contribution in [0.5, 0.6) is 5.75 Å². The van der Waals surface area contributed by atoms with Crippen molar-refractivity contribution >= 4 is 0 Å². The molecule has 1 atom stereocenters. The van der Waals surface area contributed by atoms with Crippen LogP contribution in [0.4, 0.5) is 4.39 Å². The standard InChI is InChI=1S/C12H16FNO/c1-12(5-6-12)11(14)9-4-3-8(15-2)7-10(9)13/h3-4,7,11H,5-6,14H2,1-2H3. The summed E-state index contributed by atoms with van der Waals surface area (Å²) in [6.45, 7) is 2.10. The smallest absolute Gasteiger partial charge is 0.131 e. The van der Waals surface area contributed by atoms with Crippen molar-refractivity contribution in [3.8, 4) is 5.75 Å². The molecule has 0 heterocycles. The highest BCUT2D eigenvalue weighted by atomic mass is 19.1. The second kappa shape index (κ2) is 3.49. The quantitative estimate of drug-likeness (QED) is 0.830. The Kier molecular flexibility index (Phi) is 2.43. The maximum atomic E-state index is 13.7. The second-order valence-electron chi connectivity index (χ2n) is 4.52. The predicted molar refractivity (Wildman–Crippen MR) is 57.2 cm³/mol. The summed E-state index contributed by atoms with van der Waals surface area (Å²) in [4.78, 5) is 0. The van der Waals surface area contributed by atoms with Crippen LogP contribution in [0.1, 0.15) is 31.4 Å². The number of hydrogen-bond acceptors (Lipinski definition) is 2. The van der Waals surface area contributed by atoms with Crippen molar-refractivity contribution in [3.63, 3.8) is 0 Å². The third-order valence-electron chi connectivity index (χ3n) is 3.33. The molecule has 1 unspecified atom stereocenters. The number of benzene rings is 1. The van der Waals surface area contributed by atoms with Gasteiger partial charge in [0.25, 0.3) is 0 Å². The van der Waals surface area contributed by atoms with Gasteiger partial charge in [-0.15, -0.1) is 0 Å². The number of halogens is 1. The van der Waals surface area contributed by atoms with Gasteiger partial charge in [0.05, 0.1) is 7.11 Å². The van der Waals surface area contributed by atoms with Crippen LogP contribution in [0.2, 0.25) is 0 Å². The number of hydrogen-bond donors (Lipinski definition) is 1. The Bertz CT molecular complexity index is 374. The van der Waals surface area contributed by atoms with Crippen molar-refractivity contribution in [2.24, 2.45) is 11.1 Å². The molecule has 1 aromatic carbocycles. The van der Waals surface area contributed by atoms with E-state index in [1.807, 2.05) is 0 Å². The molecule has 0 amide bonds. The van der Waals surface area contributed by atoms with E-state index in [2.05, 4.69) is 6.92 Å². The first-order valence-corrected chi connectivity index (χ1v) is 5.16. The van der Waals surface area contributed by atoms with Crippen LogP contribution in [0.15, 0.2) is 18.2 Å². The molecular weight excluding hydrogens is 193 g/mol. The summed E-state index contributed by atoms with van der Waals surface area (Å²) >= 11 is 0. The minimum Gasteiger partial charge on any atom is -0.497 e. The molecule has 1 aliphatic carbocycles. The van der Waals surface area contributed by atoms with Gasteiger partial charge in [0.2, 0.25) is 0 Å². The third kappa shape index (κ3) is 1.84. The van der Waals surface area contributed by atoms with E-state index < -0.39 is 0 Å². The molecule has 0 aliphatic heterocycles. The number of ether oxygens (including phenoxy) is 1. The van der Waals surface area contributed by atoms with Crippen molar-refractivity contribution in [3.05, 3.63) is 29.6 Å². The summed E-state index contributed by atoms with van der Waals surface area (Å²) < 4.78 is 18.6. The van der Waals surface area contributed by atoms with Gasteiger partial charge in [-0.2, -0.15) is 0 Å². The maximum absolute atomic E-state index is 13.7. The number of methoxy groups -OCH3 is 1. The van der Waals surface area contributed by atoms with E-state index >= 15 is 0 Å². The molecule has 3 heteroatoms. The van der Waals surface area contributed by atoms with Gasteiger partial charge in [-0.1, -0.05) is 13.0 Å². The molecule has 2 nitrogen and oxygen atoms in total. The molecule has 0 bridgehead atoms. The monoisotopic (exact) mass is 209 g/mol. The first-order valence-electron chi connectivity index (χ1n) is 5.16. The van der Waals surface area contributed by atoms with Crippen LogP contribution in [-0.2, 0) is 0 Å². The average molecular weight is 209 g/mol. The van der Waals surface area contributed by atoms with Crippen LogP contribution in [0, 0.1) is 11.2 Å². The molecule has 1 aliphatic rings. The number of rotatable bonds is 3. The highest BCUT2D eigenvalue weighted by Gasteiger charge is 2.44. The fourth-order valence-electron chi connectivity index (χ4n) is 1.77. The predicted octanol–water partition coefficient (Wildman–Crippen LogP) is 2.63. The zero-order valence-corrected chi connectivity index (χ0v) is 9.09. The van der Waals surface area contributed by atoms with E-state index in [1.165, 1.54) is 13.2 Å². The van der Waals surface area contributed by atoms with Crippen LogP contribution >= 0.6 is 0 Å². The van der Waals surface area contributed by atoms with Crippen LogP contribution in [-0.4, -0.2) is 7.11 Å². The van der Waals surface area contributed by atoms with Crippen molar-refractivity contribution in [1.82, 2.24) is 0 Å². The third-order valence-corrected chi connectivity index (χ3v) is 3.33. The maximum Gasteiger partial charge on any atom is 0.131 e. The van der Waals surface area contributed by atoms with E-state index in [4.69, 9.17) is 10.5 Å². The first-order chi connectivity index (χ1) is 7.07. The van der Waals surface area contributed by atoms with Crippen molar-refractivity contribution < 1.29 is 9.13 Å². The van der Waals surface area contributed by atoms with E-state index in [-0.39, 0.29) is 17.3 Å². The largest absolute Gasteiger partial charge is 0.497 e. The molecular formula is C12H16FNO. The zero-order valence-electron chi connectivity index (χ0n) is 9.09. The normalized spacial score (nSPS) is 19.7. The minimum absolute atomic E-state index is 0.0927. The summed E-state index contributed by atoms with van der Waals surface area (Å²) in [5.41, 5.74) is 6.73. The van der Waals surface area contributed by atoms with Crippen LogP contribution in [0.3, 0.4) is 0 Å². The molecule has 0 spiro atoms. The molecule has 2 N–H and O–H groups in total. The van der Waals surface area contributed by atoms with E-state index in [1.54, 1.807) is 12.1 Å². The Balaban J connectivity index is 2.28. The summed E-state index contributed by atoms with van der Waals surface area (Å²) in [7, 11) is 1.52. The van der Waals surface area contributed by atoms with E-state index in [9.17, 15) is 4.39 Å². The van der Waals surface area contributed by atoms with Crippen LogP contribution < -0.4 is 10.5 Å². The molecule has 0 radical (unpaired) electrons. The molecule has 0 saturated heterocycles. The minimum atomic E-state index is -0.269. The fourth-order valence-corrected chi connectivity index (χ4v) is 1.77. The van der Waals surface area contributed by atoms with Crippen molar-refractivity contribution in [2.45, 2.75) is 25.8 Å². The topological polar surface area (TPSA) is 35.2 Å². The SMILES string of the molecule is COc1ccc(C(N)C2(C)CC2)c(F)c1. The van der Waals surface area contributed by atoms with Gasteiger partial charge in [-0.3, -0.25) is 0 Å². The Hall–Kier alpha value is -1.09. The Morgan fingerprint density at radius 1 is 1.47 bits per heavy atom. The van der Waals surface area contributed by atoms with Gasteiger partial charge in [-0.25, -0.2) is 4.39 Å². The van der Waals surface area contributed by atoms with Gasteiger partial charge in [-0.05, 0) is 24.3 Å². The number of nitrogens with two attached hydrogens (primary N) is 1. The van der Waals surface area contributed by atoms with Gasteiger partial charge in [0, 0.05) is 17.7 Å². The highest BCUT2D eigenvalue weighted by molar-refractivity contribution is 5.32. The average Bonchev–Trinajstić information content (AvgIpc) is 2.96. The summed E-state index contributed by atoms with van der Waals surface area (Å²) in [6.07, 6.45) is 2.17. The van der Waals surface area contributed by atoms with E-state index in [0.29, 0.717) is 11.3 Å².